The molecule has 0 amide bonds. The van der Waals surface area contributed by atoms with Crippen LogP contribution >= 0.6 is 11.3 Å². The predicted molar refractivity (Wildman–Crippen MR) is 62.9 cm³/mol. The van der Waals surface area contributed by atoms with Gasteiger partial charge in [0, 0.05) is 17.5 Å². The Morgan fingerprint density at radius 1 is 1.43 bits per heavy atom. The SMILES string of the molecule is CC(C)(C)c1cc(CNC2CC2)cs1. The molecule has 1 fully saturated rings. The van der Waals surface area contributed by atoms with Gasteiger partial charge in [0.15, 0.2) is 0 Å². The van der Waals surface area contributed by atoms with Crippen LogP contribution in [0.1, 0.15) is 44.1 Å². The monoisotopic (exact) mass is 209 g/mol. The van der Waals surface area contributed by atoms with Gasteiger partial charge < -0.3 is 5.32 Å². The second kappa shape index (κ2) is 3.67. The van der Waals surface area contributed by atoms with Crippen molar-refractivity contribution in [2.75, 3.05) is 0 Å². The molecule has 1 aromatic rings. The lowest BCUT2D eigenvalue weighted by Gasteiger charge is -2.15. The first-order chi connectivity index (χ1) is 6.55. The molecule has 0 radical (unpaired) electrons. The molecule has 0 saturated heterocycles. The third kappa shape index (κ3) is 2.58. The zero-order valence-corrected chi connectivity index (χ0v) is 10.1. The Balaban J connectivity index is 1.94. The van der Waals surface area contributed by atoms with Crippen molar-refractivity contribution in [2.45, 2.75) is 51.6 Å². The quantitative estimate of drug-likeness (QED) is 0.805. The summed E-state index contributed by atoms with van der Waals surface area (Å²) in [4.78, 5) is 1.49. The van der Waals surface area contributed by atoms with E-state index in [0.717, 1.165) is 12.6 Å². The van der Waals surface area contributed by atoms with Gasteiger partial charge in [-0.15, -0.1) is 11.3 Å². The highest BCUT2D eigenvalue weighted by atomic mass is 32.1. The number of hydrogen-bond acceptors (Lipinski definition) is 2. The van der Waals surface area contributed by atoms with Crippen molar-refractivity contribution in [3.63, 3.8) is 0 Å². The van der Waals surface area contributed by atoms with Crippen molar-refractivity contribution in [2.24, 2.45) is 0 Å². The fourth-order valence-corrected chi connectivity index (χ4v) is 2.41. The molecule has 0 unspecified atom stereocenters. The van der Waals surface area contributed by atoms with E-state index in [4.69, 9.17) is 0 Å². The molecule has 1 aliphatic rings. The third-order valence-corrected chi connectivity index (χ3v) is 3.97. The number of thiophene rings is 1. The molecule has 1 aliphatic carbocycles. The van der Waals surface area contributed by atoms with Gasteiger partial charge >= 0.3 is 0 Å². The van der Waals surface area contributed by atoms with Crippen LogP contribution in [0.5, 0.6) is 0 Å². The van der Waals surface area contributed by atoms with E-state index < -0.39 is 0 Å². The Kier molecular flexibility index (Phi) is 2.67. The first-order valence-corrected chi connectivity index (χ1v) is 6.25. The van der Waals surface area contributed by atoms with Crippen LogP contribution < -0.4 is 5.32 Å². The minimum Gasteiger partial charge on any atom is -0.310 e. The van der Waals surface area contributed by atoms with Crippen LogP contribution in [0.25, 0.3) is 0 Å². The number of nitrogens with one attached hydrogen (secondary N) is 1. The van der Waals surface area contributed by atoms with Crippen molar-refractivity contribution in [3.05, 3.63) is 21.9 Å². The molecule has 78 valence electrons. The van der Waals surface area contributed by atoms with E-state index in [0.29, 0.717) is 5.41 Å². The van der Waals surface area contributed by atoms with Crippen LogP contribution in [-0.2, 0) is 12.0 Å². The number of hydrogen-bond donors (Lipinski definition) is 1. The summed E-state index contributed by atoms with van der Waals surface area (Å²) >= 11 is 1.89. The summed E-state index contributed by atoms with van der Waals surface area (Å²) in [6.45, 7) is 7.88. The van der Waals surface area contributed by atoms with E-state index in [1.165, 1.54) is 23.3 Å². The van der Waals surface area contributed by atoms with Gasteiger partial charge in [-0.2, -0.15) is 0 Å². The average Bonchev–Trinajstić information content (AvgIpc) is 2.77. The molecule has 1 nitrogen and oxygen atoms in total. The van der Waals surface area contributed by atoms with Crippen LogP contribution in [0.15, 0.2) is 11.4 Å². The Bertz CT molecular complexity index is 304. The Morgan fingerprint density at radius 3 is 2.64 bits per heavy atom. The molecule has 0 aliphatic heterocycles. The van der Waals surface area contributed by atoms with Crippen molar-refractivity contribution in [3.8, 4) is 0 Å². The summed E-state index contributed by atoms with van der Waals surface area (Å²) in [5.74, 6) is 0. The van der Waals surface area contributed by atoms with Crippen molar-refractivity contribution in [1.29, 1.82) is 0 Å². The second-order valence-corrected chi connectivity index (χ2v) is 6.14. The lowest BCUT2D eigenvalue weighted by molar-refractivity contribution is 0.602. The largest absolute Gasteiger partial charge is 0.310 e. The molecule has 0 atom stereocenters. The highest BCUT2D eigenvalue weighted by molar-refractivity contribution is 7.10. The lowest BCUT2D eigenvalue weighted by Crippen LogP contribution is -2.15. The van der Waals surface area contributed by atoms with Crippen LogP contribution in [0.3, 0.4) is 0 Å². The van der Waals surface area contributed by atoms with Crippen molar-refractivity contribution >= 4 is 11.3 Å². The fraction of sp³-hybridized carbons (Fsp3) is 0.667. The molecular formula is C12H19NS. The highest BCUT2D eigenvalue weighted by Crippen LogP contribution is 2.29. The standard InChI is InChI=1S/C12H19NS/c1-12(2,3)11-6-9(8-14-11)7-13-10-4-5-10/h6,8,10,13H,4-5,7H2,1-3H3. The maximum Gasteiger partial charge on any atom is 0.0216 e. The number of rotatable bonds is 3. The zero-order chi connectivity index (χ0) is 10.2. The molecule has 14 heavy (non-hydrogen) atoms. The van der Waals surface area contributed by atoms with Crippen LogP contribution in [-0.4, -0.2) is 6.04 Å². The molecule has 1 N–H and O–H groups in total. The lowest BCUT2D eigenvalue weighted by atomic mass is 9.94. The summed E-state index contributed by atoms with van der Waals surface area (Å²) in [6, 6.07) is 3.16. The summed E-state index contributed by atoms with van der Waals surface area (Å²) < 4.78 is 0. The van der Waals surface area contributed by atoms with E-state index in [9.17, 15) is 0 Å². The smallest absolute Gasteiger partial charge is 0.0216 e. The van der Waals surface area contributed by atoms with Crippen molar-refractivity contribution < 1.29 is 0 Å². The van der Waals surface area contributed by atoms with Gasteiger partial charge in [0.1, 0.15) is 0 Å². The maximum atomic E-state index is 3.54. The molecule has 1 heterocycles. The minimum absolute atomic E-state index is 0.308. The molecule has 2 rings (SSSR count). The van der Waals surface area contributed by atoms with Gasteiger partial charge in [-0.3, -0.25) is 0 Å². The molecule has 2 heteroatoms. The molecule has 0 spiro atoms. The third-order valence-electron chi connectivity index (χ3n) is 2.57. The van der Waals surface area contributed by atoms with Gasteiger partial charge in [-0.25, -0.2) is 0 Å². The Labute approximate surface area is 90.5 Å². The van der Waals surface area contributed by atoms with Gasteiger partial charge in [-0.1, -0.05) is 20.8 Å². The van der Waals surface area contributed by atoms with Crippen LogP contribution in [0, 0.1) is 0 Å². The minimum atomic E-state index is 0.308. The van der Waals surface area contributed by atoms with E-state index in [1.54, 1.807) is 0 Å². The predicted octanol–water partition coefficient (Wildman–Crippen LogP) is 3.30. The van der Waals surface area contributed by atoms with Crippen molar-refractivity contribution in [1.82, 2.24) is 5.32 Å². The topological polar surface area (TPSA) is 12.0 Å². The Hall–Kier alpha value is -0.340. The summed E-state index contributed by atoms with van der Waals surface area (Å²) in [6.07, 6.45) is 2.74. The second-order valence-electron chi connectivity index (χ2n) is 5.22. The summed E-state index contributed by atoms with van der Waals surface area (Å²) in [7, 11) is 0. The zero-order valence-electron chi connectivity index (χ0n) is 9.26. The first kappa shape index (κ1) is 10.2. The van der Waals surface area contributed by atoms with E-state index in [2.05, 4.69) is 37.5 Å². The molecule has 1 aromatic heterocycles. The van der Waals surface area contributed by atoms with E-state index in [-0.39, 0.29) is 0 Å². The maximum absolute atomic E-state index is 3.54. The van der Waals surface area contributed by atoms with Crippen LogP contribution in [0.4, 0.5) is 0 Å². The van der Waals surface area contributed by atoms with E-state index in [1.807, 2.05) is 11.3 Å². The van der Waals surface area contributed by atoms with Gasteiger partial charge in [0.05, 0.1) is 0 Å². The van der Waals surface area contributed by atoms with Gasteiger partial charge in [-0.05, 0) is 35.3 Å². The normalized spacial score (nSPS) is 17.4. The fourth-order valence-electron chi connectivity index (χ4n) is 1.41. The first-order valence-electron chi connectivity index (χ1n) is 5.37. The molecule has 1 saturated carbocycles. The van der Waals surface area contributed by atoms with Gasteiger partial charge in [0.25, 0.3) is 0 Å². The van der Waals surface area contributed by atoms with Crippen LogP contribution in [0.2, 0.25) is 0 Å². The van der Waals surface area contributed by atoms with Gasteiger partial charge in [0.2, 0.25) is 0 Å². The summed E-state index contributed by atoms with van der Waals surface area (Å²) in [5, 5.41) is 5.83. The Morgan fingerprint density at radius 2 is 2.14 bits per heavy atom. The van der Waals surface area contributed by atoms with E-state index >= 15 is 0 Å². The highest BCUT2D eigenvalue weighted by Gasteiger charge is 2.21. The molecule has 0 bridgehead atoms. The summed E-state index contributed by atoms with van der Waals surface area (Å²) in [5.41, 5.74) is 1.76. The molecular weight excluding hydrogens is 190 g/mol. The molecule has 0 aromatic carbocycles. The average molecular weight is 209 g/mol.